The van der Waals surface area contributed by atoms with E-state index in [-0.39, 0.29) is 29.2 Å². The Morgan fingerprint density at radius 3 is 2.25 bits per heavy atom. The number of benzene rings is 3. The van der Waals surface area contributed by atoms with Gasteiger partial charge in [-0.2, -0.15) is 0 Å². The van der Waals surface area contributed by atoms with Crippen molar-refractivity contribution in [3.05, 3.63) is 83.2 Å². The molecule has 9 nitrogen and oxygen atoms in total. The van der Waals surface area contributed by atoms with Crippen LogP contribution in [0.4, 0.5) is 5.69 Å². The van der Waals surface area contributed by atoms with E-state index in [1.165, 1.54) is 32.4 Å². The number of hydrogen-bond acceptors (Lipinski definition) is 8. The lowest BCUT2D eigenvalue weighted by Gasteiger charge is -2.13. The lowest BCUT2D eigenvalue weighted by atomic mass is 9.99. The molecule has 1 heterocycles. The Bertz CT molecular complexity index is 1640. The molecule has 9 heteroatoms. The highest BCUT2D eigenvalue weighted by atomic mass is 16.5. The van der Waals surface area contributed by atoms with Gasteiger partial charge in [-0.3, -0.25) is 4.79 Å². The maximum atomic E-state index is 13.3. The number of aromatic nitrogens is 2. The molecule has 202 valence electrons. The first-order valence-electron chi connectivity index (χ1n) is 12.4. The number of methoxy groups -OCH3 is 2. The third-order valence-corrected chi connectivity index (χ3v) is 6.13. The van der Waals surface area contributed by atoms with E-state index in [4.69, 9.17) is 20.6 Å². The van der Waals surface area contributed by atoms with Gasteiger partial charge >= 0.3 is 11.9 Å². The highest BCUT2D eigenvalue weighted by molar-refractivity contribution is 6.07. The fraction of sp³-hybridized carbons (Fsp3) is 0.194. The number of esters is 2. The van der Waals surface area contributed by atoms with Crippen LogP contribution >= 0.6 is 0 Å². The summed E-state index contributed by atoms with van der Waals surface area (Å²) in [5, 5.41) is 3.38. The molecule has 4 aromatic rings. The van der Waals surface area contributed by atoms with Gasteiger partial charge in [-0.25, -0.2) is 19.6 Å². The lowest BCUT2D eigenvalue weighted by molar-refractivity contribution is 0.0555. The zero-order valence-electron chi connectivity index (χ0n) is 22.5. The van der Waals surface area contributed by atoms with E-state index in [2.05, 4.69) is 35.1 Å². The van der Waals surface area contributed by atoms with Gasteiger partial charge in [0.15, 0.2) is 0 Å². The fourth-order valence-corrected chi connectivity index (χ4v) is 4.05. The summed E-state index contributed by atoms with van der Waals surface area (Å²) in [6.07, 6.45) is 5.34. The van der Waals surface area contributed by atoms with Gasteiger partial charge < -0.3 is 19.5 Å². The minimum Gasteiger partial charge on any atom is -0.481 e. The standard InChI is InChI=1S/C31H27N3O6/c1-6-15-40-22-12-14-26-25(17-22)27(20-9-7-19(8-10-20)18(2)3)34-28(33-26)29(35)32-21-11-13-23(30(36)38-4)24(16-21)31(37)39-5/h1,7-14,16-18H,15H2,2-5H3,(H,32,35). The molecule has 0 bridgehead atoms. The van der Waals surface area contributed by atoms with Gasteiger partial charge in [-0.05, 0) is 47.9 Å². The molecule has 1 amide bonds. The first-order valence-corrected chi connectivity index (χ1v) is 12.4. The average molecular weight is 538 g/mol. The van der Waals surface area contributed by atoms with E-state index in [1.807, 2.05) is 24.3 Å². The van der Waals surface area contributed by atoms with Gasteiger partial charge in [0.05, 0.1) is 36.6 Å². The van der Waals surface area contributed by atoms with E-state index < -0.39 is 17.8 Å². The van der Waals surface area contributed by atoms with Crippen LogP contribution in [0, 0.1) is 12.3 Å². The number of amides is 1. The van der Waals surface area contributed by atoms with Gasteiger partial charge in [0.25, 0.3) is 5.91 Å². The molecule has 0 aliphatic rings. The molecule has 0 aliphatic heterocycles. The van der Waals surface area contributed by atoms with Crippen LogP contribution in [-0.4, -0.2) is 48.6 Å². The van der Waals surface area contributed by atoms with Crippen LogP contribution in [0.25, 0.3) is 22.2 Å². The number of fused-ring (bicyclic) bond motifs is 1. The van der Waals surface area contributed by atoms with E-state index >= 15 is 0 Å². The van der Waals surface area contributed by atoms with Gasteiger partial charge in [-0.1, -0.05) is 44.0 Å². The highest BCUT2D eigenvalue weighted by Gasteiger charge is 2.21. The molecule has 3 aromatic carbocycles. The van der Waals surface area contributed by atoms with Gasteiger partial charge in [0.2, 0.25) is 5.82 Å². The molecular formula is C31H27N3O6. The number of rotatable bonds is 8. The minimum atomic E-state index is -0.756. The Morgan fingerprint density at radius 1 is 0.900 bits per heavy atom. The first kappa shape index (κ1) is 27.8. The van der Waals surface area contributed by atoms with Crippen molar-refractivity contribution in [1.82, 2.24) is 9.97 Å². The van der Waals surface area contributed by atoms with Crippen LogP contribution in [0.3, 0.4) is 0 Å². The Balaban J connectivity index is 1.77. The third-order valence-electron chi connectivity index (χ3n) is 6.13. The third kappa shape index (κ3) is 5.92. The van der Waals surface area contributed by atoms with Crippen molar-refractivity contribution in [1.29, 1.82) is 0 Å². The maximum Gasteiger partial charge on any atom is 0.338 e. The van der Waals surface area contributed by atoms with E-state index in [0.29, 0.717) is 28.3 Å². The number of nitrogens with one attached hydrogen (secondary N) is 1. The number of carbonyl (C=O) groups excluding carboxylic acids is 3. The summed E-state index contributed by atoms with van der Waals surface area (Å²) in [5.74, 6) is 1.16. The van der Waals surface area contributed by atoms with Crippen LogP contribution in [0.5, 0.6) is 5.75 Å². The fourth-order valence-electron chi connectivity index (χ4n) is 4.05. The van der Waals surface area contributed by atoms with Crippen LogP contribution in [0.2, 0.25) is 0 Å². The first-order chi connectivity index (χ1) is 19.2. The van der Waals surface area contributed by atoms with E-state index in [9.17, 15) is 14.4 Å². The Labute approximate surface area is 231 Å². The average Bonchev–Trinajstić information content (AvgIpc) is 2.98. The van der Waals surface area contributed by atoms with Gasteiger partial charge in [-0.15, -0.1) is 6.42 Å². The Morgan fingerprint density at radius 2 is 1.60 bits per heavy atom. The largest absolute Gasteiger partial charge is 0.481 e. The second-order valence-electron chi connectivity index (χ2n) is 9.04. The molecule has 0 unspecified atom stereocenters. The number of nitrogens with zero attached hydrogens (tertiary/aromatic N) is 2. The Kier molecular flexibility index (Phi) is 8.40. The molecule has 0 atom stereocenters. The molecule has 0 radical (unpaired) electrons. The summed E-state index contributed by atoms with van der Waals surface area (Å²) >= 11 is 0. The molecule has 0 aliphatic carbocycles. The highest BCUT2D eigenvalue weighted by Crippen LogP contribution is 2.30. The van der Waals surface area contributed by atoms with Crippen molar-refractivity contribution in [2.45, 2.75) is 19.8 Å². The summed E-state index contributed by atoms with van der Waals surface area (Å²) in [6, 6.07) is 17.3. The molecule has 4 rings (SSSR count). The lowest BCUT2D eigenvalue weighted by Crippen LogP contribution is -2.18. The van der Waals surface area contributed by atoms with Crippen LogP contribution in [0.15, 0.2) is 60.7 Å². The number of carbonyl (C=O) groups is 3. The number of ether oxygens (including phenoxy) is 3. The summed E-state index contributed by atoms with van der Waals surface area (Å²) in [7, 11) is 2.39. The van der Waals surface area contributed by atoms with Crippen molar-refractivity contribution in [3.8, 4) is 29.4 Å². The summed E-state index contributed by atoms with van der Waals surface area (Å²) in [5.41, 5.74) is 3.19. The number of terminal acetylenes is 1. The number of anilines is 1. The van der Waals surface area contributed by atoms with Gasteiger partial charge in [0, 0.05) is 16.6 Å². The zero-order valence-corrected chi connectivity index (χ0v) is 22.5. The normalized spacial score (nSPS) is 10.6. The summed E-state index contributed by atoms with van der Waals surface area (Å²) < 4.78 is 15.1. The SMILES string of the molecule is C#CCOc1ccc2nc(C(=O)Nc3ccc(C(=O)OC)c(C(=O)OC)c3)nc(-c3ccc(C(C)C)cc3)c2c1. The number of hydrogen-bond donors (Lipinski definition) is 1. The van der Waals surface area contributed by atoms with Crippen molar-refractivity contribution in [2.75, 3.05) is 26.1 Å². The smallest absolute Gasteiger partial charge is 0.338 e. The Hall–Kier alpha value is -5.23. The minimum absolute atomic E-state index is 0.00398. The monoisotopic (exact) mass is 537 g/mol. The van der Waals surface area contributed by atoms with E-state index in [0.717, 1.165) is 11.1 Å². The van der Waals surface area contributed by atoms with Crippen LogP contribution < -0.4 is 10.1 Å². The predicted molar refractivity (Wildman–Crippen MR) is 150 cm³/mol. The topological polar surface area (TPSA) is 117 Å². The molecule has 1 aromatic heterocycles. The second kappa shape index (κ2) is 12.1. The molecule has 40 heavy (non-hydrogen) atoms. The van der Waals surface area contributed by atoms with Crippen LogP contribution in [-0.2, 0) is 9.47 Å². The summed E-state index contributed by atoms with van der Waals surface area (Å²) in [4.78, 5) is 46.8. The molecule has 0 saturated heterocycles. The summed E-state index contributed by atoms with van der Waals surface area (Å²) in [6.45, 7) is 4.32. The second-order valence-corrected chi connectivity index (χ2v) is 9.04. The molecule has 0 spiro atoms. The van der Waals surface area contributed by atoms with Crippen molar-refractivity contribution in [3.63, 3.8) is 0 Å². The van der Waals surface area contributed by atoms with Crippen LogP contribution in [0.1, 0.15) is 56.7 Å². The molecule has 0 fully saturated rings. The quantitative estimate of drug-likeness (QED) is 0.239. The molecule has 0 saturated carbocycles. The maximum absolute atomic E-state index is 13.3. The van der Waals surface area contributed by atoms with Crippen molar-refractivity contribution in [2.24, 2.45) is 0 Å². The van der Waals surface area contributed by atoms with Crippen molar-refractivity contribution >= 4 is 34.4 Å². The molecule has 1 N–H and O–H groups in total. The van der Waals surface area contributed by atoms with Crippen molar-refractivity contribution < 1.29 is 28.6 Å². The van der Waals surface area contributed by atoms with Gasteiger partial charge in [0.1, 0.15) is 12.4 Å². The predicted octanol–water partition coefficient (Wildman–Crippen LogP) is 5.26. The molecular weight excluding hydrogens is 510 g/mol. The zero-order chi connectivity index (χ0) is 28.8. The van der Waals surface area contributed by atoms with E-state index in [1.54, 1.807) is 18.2 Å².